The number of nitrogens with one attached hydrogen (secondary N) is 1. The molecule has 0 aliphatic rings. The van der Waals surface area contributed by atoms with Crippen molar-refractivity contribution in [3.63, 3.8) is 0 Å². The van der Waals surface area contributed by atoms with Gasteiger partial charge in [-0.15, -0.1) is 0 Å². The molecule has 1 amide bonds. The monoisotopic (exact) mass is 311 g/mol. The standard InChI is InChI=1S/C19H21NO3/c1-14-7-6-8-15(2)19(14)20-17(21)11-12-18(22)23-13-16-9-4-3-5-10-16/h3-10H,11-13H2,1-2H3,(H,20,21). The lowest BCUT2D eigenvalue weighted by molar-refractivity contribution is -0.145. The number of ether oxygens (including phenoxy) is 1. The number of amides is 1. The Morgan fingerprint density at radius 1 is 0.913 bits per heavy atom. The molecule has 0 radical (unpaired) electrons. The fourth-order valence-electron chi connectivity index (χ4n) is 2.24. The van der Waals surface area contributed by atoms with E-state index in [1.807, 2.05) is 62.4 Å². The second kappa shape index (κ2) is 8.13. The fourth-order valence-corrected chi connectivity index (χ4v) is 2.24. The highest BCUT2D eigenvalue weighted by Crippen LogP contribution is 2.19. The molecule has 0 atom stereocenters. The summed E-state index contributed by atoms with van der Waals surface area (Å²) in [6.45, 7) is 4.12. The first-order valence-electron chi connectivity index (χ1n) is 7.62. The van der Waals surface area contributed by atoms with E-state index in [9.17, 15) is 9.59 Å². The van der Waals surface area contributed by atoms with E-state index in [-0.39, 0.29) is 31.3 Å². The minimum Gasteiger partial charge on any atom is -0.461 e. The Morgan fingerprint density at radius 3 is 2.22 bits per heavy atom. The molecule has 4 nitrogen and oxygen atoms in total. The lowest BCUT2D eigenvalue weighted by Gasteiger charge is -2.11. The van der Waals surface area contributed by atoms with Crippen LogP contribution in [0.5, 0.6) is 0 Å². The van der Waals surface area contributed by atoms with E-state index in [4.69, 9.17) is 4.74 Å². The average Bonchev–Trinajstić information content (AvgIpc) is 2.55. The van der Waals surface area contributed by atoms with Crippen LogP contribution in [0, 0.1) is 13.8 Å². The summed E-state index contributed by atoms with van der Waals surface area (Å²) < 4.78 is 5.16. The fraction of sp³-hybridized carbons (Fsp3) is 0.263. The van der Waals surface area contributed by atoms with Gasteiger partial charge in [0.25, 0.3) is 0 Å². The minimum atomic E-state index is -0.370. The van der Waals surface area contributed by atoms with Gasteiger partial charge in [-0.2, -0.15) is 0 Å². The number of esters is 1. The van der Waals surface area contributed by atoms with E-state index in [1.165, 1.54) is 0 Å². The van der Waals surface area contributed by atoms with Crippen LogP contribution < -0.4 is 5.32 Å². The third kappa shape index (κ3) is 5.25. The van der Waals surface area contributed by atoms with E-state index in [1.54, 1.807) is 0 Å². The maximum Gasteiger partial charge on any atom is 0.306 e. The van der Waals surface area contributed by atoms with Crippen LogP contribution in [0.15, 0.2) is 48.5 Å². The van der Waals surface area contributed by atoms with Gasteiger partial charge < -0.3 is 10.1 Å². The summed E-state index contributed by atoms with van der Waals surface area (Å²) in [6, 6.07) is 15.3. The van der Waals surface area contributed by atoms with Gasteiger partial charge in [-0.25, -0.2) is 0 Å². The molecule has 0 unspecified atom stereocenters. The van der Waals surface area contributed by atoms with Crippen molar-refractivity contribution >= 4 is 17.6 Å². The van der Waals surface area contributed by atoms with Crippen LogP contribution in [0.1, 0.15) is 29.5 Å². The first-order chi connectivity index (χ1) is 11.1. The summed E-state index contributed by atoms with van der Waals surface area (Å²) in [5, 5.41) is 2.86. The van der Waals surface area contributed by atoms with Gasteiger partial charge in [0.1, 0.15) is 6.61 Å². The Bertz CT molecular complexity index is 660. The van der Waals surface area contributed by atoms with E-state index < -0.39 is 0 Å². The van der Waals surface area contributed by atoms with Crippen LogP contribution in [0.25, 0.3) is 0 Å². The first kappa shape index (κ1) is 16.7. The molecule has 0 aromatic heterocycles. The van der Waals surface area contributed by atoms with Crippen molar-refractivity contribution in [2.24, 2.45) is 0 Å². The molecule has 2 aromatic carbocycles. The molecule has 0 aliphatic heterocycles. The number of rotatable bonds is 6. The van der Waals surface area contributed by atoms with E-state index in [2.05, 4.69) is 5.32 Å². The van der Waals surface area contributed by atoms with Crippen molar-refractivity contribution in [2.75, 3.05) is 5.32 Å². The van der Waals surface area contributed by atoms with Gasteiger partial charge in [0.2, 0.25) is 5.91 Å². The molecule has 0 bridgehead atoms. The zero-order valence-electron chi connectivity index (χ0n) is 13.5. The Labute approximate surface area is 136 Å². The number of hydrogen-bond acceptors (Lipinski definition) is 3. The van der Waals surface area contributed by atoms with E-state index >= 15 is 0 Å². The number of carbonyl (C=O) groups excluding carboxylic acids is 2. The maximum absolute atomic E-state index is 12.0. The first-order valence-corrected chi connectivity index (χ1v) is 7.62. The lowest BCUT2D eigenvalue weighted by Crippen LogP contribution is -2.16. The Hall–Kier alpha value is -2.62. The second-order valence-electron chi connectivity index (χ2n) is 5.46. The van der Waals surface area contributed by atoms with Gasteiger partial charge in [-0.3, -0.25) is 9.59 Å². The molecular weight excluding hydrogens is 290 g/mol. The van der Waals surface area contributed by atoms with Gasteiger partial charge in [0.15, 0.2) is 0 Å². The second-order valence-corrected chi connectivity index (χ2v) is 5.46. The third-order valence-electron chi connectivity index (χ3n) is 3.54. The molecule has 0 heterocycles. The van der Waals surface area contributed by atoms with Gasteiger partial charge in [-0.05, 0) is 30.5 Å². The summed E-state index contributed by atoms with van der Waals surface area (Å²) in [4.78, 5) is 23.7. The van der Waals surface area contributed by atoms with Gasteiger partial charge >= 0.3 is 5.97 Å². The molecule has 2 rings (SSSR count). The highest BCUT2D eigenvalue weighted by Gasteiger charge is 2.10. The topological polar surface area (TPSA) is 55.4 Å². The minimum absolute atomic E-state index is 0.0730. The predicted octanol–water partition coefficient (Wildman–Crippen LogP) is 3.77. The van der Waals surface area contributed by atoms with Crippen LogP contribution in [0.3, 0.4) is 0 Å². The molecular formula is C19H21NO3. The number of carbonyl (C=O) groups is 2. The summed E-state index contributed by atoms with van der Waals surface area (Å²) in [6.07, 6.45) is 0.186. The number of anilines is 1. The molecule has 0 fully saturated rings. The lowest BCUT2D eigenvalue weighted by atomic mass is 10.1. The molecule has 4 heteroatoms. The molecule has 23 heavy (non-hydrogen) atoms. The average molecular weight is 311 g/mol. The maximum atomic E-state index is 12.0. The molecule has 0 saturated carbocycles. The van der Waals surface area contributed by atoms with Crippen LogP contribution in [0.4, 0.5) is 5.69 Å². The van der Waals surface area contributed by atoms with Crippen molar-refractivity contribution in [3.05, 3.63) is 65.2 Å². The van der Waals surface area contributed by atoms with E-state index in [0.717, 1.165) is 22.4 Å². The van der Waals surface area contributed by atoms with Crippen LogP contribution >= 0.6 is 0 Å². The normalized spacial score (nSPS) is 10.2. The molecule has 120 valence electrons. The zero-order valence-corrected chi connectivity index (χ0v) is 13.5. The highest BCUT2D eigenvalue weighted by molar-refractivity contribution is 5.93. The molecule has 0 saturated heterocycles. The van der Waals surface area contributed by atoms with Gasteiger partial charge in [-0.1, -0.05) is 48.5 Å². The SMILES string of the molecule is Cc1cccc(C)c1NC(=O)CCC(=O)OCc1ccccc1. The summed E-state index contributed by atoms with van der Waals surface area (Å²) >= 11 is 0. The van der Waals surface area contributed by atoms with Crippen LogP contribution in [-0.2, 0) is 20.9 Å². The quantitative estimate of drug-likeness (QED) is 0.826. The Morgan fingerprint density at radius 2 is 1.57 bits per heavy atom. The molecule has 0 spiro atoms. The zero-order chi connectivity index (χ0) is 16.7. The van der Waals surface area contributed by atoms with Gasteiger partial charge in [0.05, 0.1) is 6.42 Å². The predicted molar refractivity (Wildman–Crippen MR) is 90.0 cm³/mol. The van der Waals surface area contributed by atoms with Crippen LogP contribution in [-0.4, -0.2) is 11.9 Å². The molecule has 2 aromatic rings. The largest absolute Gasteiger partial charge is 0.461 e. The Balaban J connectivity index is 1.77. The molecule has 0 aliphatic carbocycles. The Kier molecular flexibility index (Phi) is 5.92. The third-order valence-corrected chi connectivity index (χ3v) is 3.54. The number of para-hydroxylation sites is 1. The van der Waals surface area contributed by atoms with Crippen molar-refractivity contribution in [1.82, 2.24) is 0 Å². The van der Waals surface area contributed by atoms with Crippen molar-refractivity contribution in [3.8, 4) is 0 Å². The molecule has 1 N–H and O–H groups in total. The summed E-state index contributed by atoms with van der Waals surface area (Å²) in [5.41, 5.74) is 3.76. The summed E-state index contributed by atoms with van der Waals surface area (Å²) in [7, 11) is 0. The van der Waals surface area contributed by atoms with Gasteiger partial charge in [0, 0.05) is 12.1 Å². The van der Waals surface area contributed by atoms with Crippen molar-refractivity contribution < 1.29 is 14.3 Å². The van der Waals surface area contributed by atoms with E-state index in [0.29, 0.717) is 0 Å². The van der Waals surface area contributed by atoms with Crippen molar-refractivity contribution in [2.45, 2.75) is 33.3 Å². The number of aryl methyl sites for hydroxylation is 2. The number of benzene rings is 2. The summed E-state index contributed by atoms with van der Waals surface area (Å²) in [5.74, 6) is -0.551. The van der Waals surface area contributed by atoms with Crippen LogP contribution in [0.2, 0.25) is 0 Å². The number of hydrogen-bond donors (Lipinski definition) is 1. The van der Waals surface area contributed by atoms with Crippen molar-refractivity contribution in [1.29, 1.82) is 0 Å². The highest BCUT2D eigenvalue weighted by atomic mass is 16.5. The smallest absolute Gasteiger partial charge is 0.306 e.